The Hall–Kier alpha value is -2.01. The van der Waals surface area contributed by atoms with Gasteiger partial charge in [0.05, 0.1) is 28.6 Å². The fourth-order valence-electron chi connectivity index (χ4n) is 1.32. The summed E-state index contributed by atoms with van der Waals surface area (Å²) >= 11 is 5.68. The van der Waals surface area contributed by atoms with Gasteiger partial charge in [-0.1, -0.05) is 23.7 Å². The molecule has 0 saturated carbocycles. The van der Waals surface area contributed by atoms with Crippen molar-refractivity contribution in [3.8, 4) is 11.3 Å². The van der Waals surface area contributed by atoms with Gasteiger partial charge in [0, 0.05) is 6.07 Å². The van der Waals surface area contributed by atoms with Gasteiger partial charge < -0.3 is 0 Å². The molecule has 5 nitrogen and oxygen atoms in total. The Kier molecular flexibility index (Phi) is 2.78. The average molecular weight is 236 g/mol. The number of halogens is 1. The molecule has 0 aliphatic carbocycles. The van der Waals surface area contributed by atoms with Gasteiger partial charge in [-0.3, -0.25) is 15.1 Å². The van der Waals surface area contributed by atoms with E-state index in [1.807, 2.05) is 0 Å². The minimum absolute atomic E-state index is 0.0148. The molecule has 1 aromatic heterocycles. The molecule has 2 aromatic rings. The molecule has 0 amide bonds. The Bertz CT molecular complexity index is 545. The summed E-state index contributed by atoms with van der Waals surface area (Å²) in [5.41, 5.74) is 0.779. The molecule has 6 heteroatoms. The van der Waals surface area contributed by atoms with Gasteiger partial charge in [0.25, 0.3) is 5.69 Å². The third kappa shape index (κ3) is 1.99. The molecule has 0 atom stereocenters. The van der Waals surface area contributed by atoms with E-state index in [4.69, 9.17) is 11.6 Å². The molecule has 1 aromatic carbocycles. The normalized spacial score (nSPS) is 10.1. The Morgan fingerprint density at radius 1 is 1.25 bits per heavy atom. The maximum atomic E-state index is 10.8. The predicted octanol–water partition coefficient (Wildman–Crippen LogP) is 2.71. The van der Waals surface area contributed by atoms with Crippen molar-refractivity contribution in [2.45, 2.75) is 0 Å². The second kappa shape index (κ2) is 4.24. The topological polar surface area (TPSA) is 68.9 Å². The van der Waals surface area contributed by atoms with E-state index in [9.17, 15) is 10.1 Å². The van der Waals surface area contributed by atoms with E-state index in [1.165, 1.54) is 18.5 Å². The maximum Gasteiger partial charge on any atom is 0.278 e. The van der Waals surface area contributed by atoms with Crippen LogP contribution in [0.5, 0.6) is 0 Å². The second-order valence-corrected chi connectivity index (χ2v) is 3.39. The molecule has 0 bridgehead atoms. The zero-order valence-electron chi connectivity index (χ0n) is 8.00. The zero-order chi connectivity index (χ0) is 11.5. The highest BCUT2D eigenvalue weighted by Crippen LogP contribution is 2.27. The highest BCUT2D eigenvalue weighted by molar-refractivity contribution is 6.29. The maximum absolute atomic E-state index is 10.8. The van der Waals surface area contributed by atoms with E-state index in [1.54, 1.807) is 18.2 Å². The second-order valence-electron chi connectivity index (χ2n) is 3.00. The Labute approximate surface area is 95.9 Å². The molecule has 0 unspecified atom stereocenters. The quantitative estimate of drug-likeness (QED) is 0.593. The minimum atomic E-state index is -0.460. The summed E-state index contributed by atoms with van der Waals surface area (Å²) in [7, 11) is 0. The van der Waals surface area contributed by atoms with Crippen molar-refractivity contribution in [2.75, 3.05) is 0 Å². The number of benzene rings is 1. The van der Waals surface area contributed by atoms with Crippen LogP contribution < -0.4 is 0 Å². The molecule has 0 saturated heterocycles. The predicted molar refractivity (Wildman–Crippen MR) is 59.1 cm³/mol. The number of nitro benzene ring substituents is 1. The van der Waals surface area contributed by atoms with Crippen LogP contribution in [-0.4, -0.2) is 14.9 Å². The number of aromatic nitrogens is 2. The Morgan fingerprint density at radius 3 is 2.69 bits per heavy atom. The summed E-state index contributed by atoms with van der Waals surface area (Å²) in [5, 5.41) is 11.0. The molecule has 0 spiro atoms. The van der Waals surface area contributed by atoms with Crippen molar-refractivity contribution in [2.24, 2.45) is 0 Å². The van der Waals surface area contributed by atoms with E-state index < -0.39 is 4.92 Å². The van der Waals surface area contributed by atoms with Gasteiger partial charge >= 0.3 is 0 Å². The van der Waals surface area contributed by atoms with Gasteiger partial charge in [-0.15, -0.1) is 0 Å². The van der Waals surface area contributed by atoms with Crippen LogP contribution in [0.25, 0.3) is 11.3 Å². The number of rotatable bonds is 2. The van der Waals surface area contributed by atoms with Gasteiger partial charge in [-0.2, -0.15) is 0 Å². The summed E-state index contributed by atoms with van der Waals surface area (Å²) in [6.07, 6.45) is 2.81. The molecular weight excluding hydrogens is 230 g/mol. The van der Waals surface area contributed by atoms with E-state index in [0.29, 0.717) is 11.3 Å². The molecule has 0 N–H and O–H groups in total. The first-order valence-electron chi connectivity index (χ1n) is 4.40. The van der Waals surface area contributed by atoms with Crippen LogP contribution in [0.2, 0.25) is 5.15 Å². The molecule has 0 aliphatic rings. The third-order valence-corrected chi connectivity index (χ3v) is 2.16. The number of nitrogens with zero attached hydrogens (tertiary/aromatic N) is 3. The van der Waals surface area contributed by atoms with Crippen LogP contribution in [0.15, 0.2) is 36.7 Å². The van der Waals surface area contributed by atoms with Crippen molar-refractivity contribution in [3.05, 3.63) is 51.9 Å². The van der Waals surface area contributed by atoms with E-state index >= 15 is 0 Å². The Balaban J connectivity index is 2.60. The van der Waals surface area contributed by atoms with Gasteiger partial charge in [-0.25, -0.2) is 4.98 Å². The van der Waals surface area contributed by atoms with Gasteiger partial charge in [0.1, 0.15) is 5.15 Å². The van der Waals surface area contributed by atoms with Gasteiger partial charge in [-0.05, 0) is 6.07 Å². The summed E-state index contributed by atoms with van der Waals surface area (Å²) in [4.78, 5) is 18.2. The van der Waals surface area contributed by atoms with Crippen LogP contribution in [0.3, 0.4) is 0 Å². The molecule has 0 fully saturated rings. The fourth-order valence-corrected chi connectivity index (χ4v) is 1.47. The standard InChI is InChI=1S/C10H6ClN3O2/c11-10-6-12-5-8(13-10)7-3-1-2-4-9(7)14(15)16/h1-6H. The van der Waals surface area contributed by atoms with Crippen molar-refractivity contribution in [1.29, 1.82) is 0 Å². The summed E-state index contributed by atoms with van der Waals surface area (Å²) in [5.74, 6) is 0. The SMILES string of the molecule is O=[N+]([O-])c1ccccc1-c1cncc(Cl)n1. The first-order chi connectivity index (χ1) is 7.68. The zero-order valence-corrected chi connectivity index (χ0v) is 8.76. The largest absolute Gasteiger partial charge is 0.278 e. The van der Waals surface area contributed by atoms with Crippen LogP contribution in [-0.2, 0) is 0 Å². The number of hydrogen-bond acceptors (Lipinski definition) is 4. The smallest absolute Gasteiger partial charge is 0.259 e. The molecule has 16 heavy (non-hydrogen) atoms. The van der Waals surface area contributed by atoms with Crippen molar-refractivity contribution >= 4 is 17.3 Å². The number of para-hydroxylation sites is 1. The van der Waals surface area contributed by atoms with E-state index in [-0.39, 0.29) is 10.8 Å². The molecule has 80 valence electrons. The highest BCUT2D eigenvalue weighted by atomic mass is 35.5. The minimum Gasteiger partial charge on any atom is -0.259 e. The fraction of sp³-hybridized carbons (Fsp3) is 0. The molecule has 0 aliphatic heterocycles. The van der Waals surface area contributed by atoms with E-state index in [0.717, 1.165) is 0 Å². The molecular formula is C10H6ClN3O2. The first kappa shape index (κ1) is 10.5. The summed E-state index contributed by atoms with van der Waals surface area (Å²) < 4.78 is 0. The van der Waals surface area contributed by atoms with Crippen LogP contribution in [0, 0.1) is 10.1 Å². The number of nitro groups is 1. The lowest BCUT2D eigenvalue weighted by molar-refractivity contribution is -0.384. The first-order valence-corrected chi connectivity index (χ1v) is 4.77. The van der Waals surface area contributed by atoms with E-state index in [2.05, 4.69) is 9.97 Å². The van der Waals surface area contributed by atoms with Crippen molar-refractivity contribution < 1.29 is 4.92 Å². The lowest BCUT2D eigenvalue weighted by atomic mass is 10.1. The van der Waals surface area contributed by atoms with Crippen molar-refractivity contribution in [1.82, 2.24) is 9.97 Å². The van der Waals surface area contributed by atoms with Crippen LogP contribution in [0.4, 0.5) is 5.69 Å². The van der Waals surface area contributed by atoms with Crippen molar-refractivity contribution in [3.63, 3.8) is 0 Å². The summed E-state index contributed by atoms with van der Waals surface area (Å²) in [6, 6.07) is 6.32. The Morgan fingerprint density at radius 2 is 2.00 bits per heavy atom. The molecule has 1 heterocycles. The lowest BCUT2D eigenvalue weighted by Gasteiger charge is -2.01. The molecule has 0 radical (unpaired) electrons. The van der Waals surface area contributed by atoms with Crippen LogP contribution in [0.1, 0.15) is 0 Å². The van der Waals surface area contributed by atoms with Gasteiger partial charge in [0.2, 0.25) is 0 Å². The molecule has 2 rings (SSSR count). The van der Waals surface area contributed by atoms with Gasteiger partial charge in [0.15, 0.2) is 0 Å². The lowest BCUT2D eigenvalue weighted by Crippen LogP contribution is -1.93. The highest BCUT2D eigenvalue weighted by Gasteiger charge is 2.15. The average Bonchev–Trinajstić information content (AvgIpc) is 2.29. The monoisotopic (exact) mass is 235 g/mol. The summed E-state index contributed by atoms with van der Waals surface area (Å²) in [6.45, 7) is 0. The van der Waals surface area contributed by atoms with Crippen LogP contribution >= 0.6 is 11.6 Å². The number of hydrogen-bond donors (Lipinski definition) is 0. The third-order valence-electron chi connectivity index (χ3n) is 1.98.